The molecule has 0 atom stereocenters. The van der Waals surface area contributed by atoms with Gasteiger partial charge >= 0.3 is 17.8 Å². The normalized spacial score (nSPS) is 12.0. The van der Waals surface area contributed by atoms with Crippen molar-refractivity contribution in [2.75, 3.05) is 0 Å². The van der Waals surface area contributed by atoms with Gasteiger partial charge in [-0.1, -0.05) is 0 Å². The maximum absolute atomic E-state index is 12.0. The van der Waals surface area contributed by atoms with E-state index in [1.165, 1.54) is 22.8 Å². The average molecular weight is 302 g/mol. The van der Waals surface area contributed by atoms with Crippen LogP contribution in [0.15, 0.2) is 23.0 Å². The first-order valence-electron chi connectivity index (χ1n) is 6.30. The van der Waals surface area contributed by atoms with Gasteiger partial charge in [0.1, 0.15) is 0 Å². The number of carboxylic acids is 1. The maximum Gasteiger partial charge on any atom is 0.389 e. The number of aryl methyl sites for hydroxylation is 1. The SMILES string of the molecule is O=C(O)c1ccc2c(c1)[nH]c(=O)n2CCCCC(F)(F)F. The fourth-order valence-corrected chi connectivity index (χ4v) is 2.11. The Morgan fingerprint density at radius 2 is 2.00 bits per heavy atom. The number of unbranched alkanes of at least 4 members (excludes halogenated alkanes) is 1. The minimum atomic E-state index is -4.19. The summed E-state index contributed by atoms with van der Waals surface area (Å²) >= 11 is 0. The number of nitrogens with one attached hydrogen (secondary N) is 1. The van der Waals surface area contributed by atoms with E-state index in [2.05, 4.69) is 4.98 Å². The van der Waals surface area contributed by atoms with Crippen LogP contribution in [-0.2, 0) is 6.54 Å². The van der Waals surface area contributed by atoms with E-state index in [4.69, 9.17) is 5.11 Å². The van der Waals surface area contributed by atoms with Crippen molar-refractivity contribution in [2.45, 2.75) is 32.0 Å². The number of aromatic amines is 1. The third kappa shape index (κ3) is 3.65. The molecule has 1 heterocycles. The number of aromatic carboxylic acids is 1. The first-order chi connectivity index (χ1) is 9.78. The molecule has 2 aromatic rings. The van der Waals surface area contributed by atoms with Crippen molar-refractivity contribution < 1.29 is 23.1 Å². The third-order valence-corrected chi connectivity index (χ3v) is 3.11. The number of benzene rings is 1. The van der Waals surface area contributed by atoms with Gasteiger partial charge in [0.15, 0.2) is 0 Å². The molecule has 0 radical (unpaired) electrons. The van der Waals surface area contributed by atoms with E-state index in [-0.39, 0.29) is 24.9 Å². The smallest absolute Gasteiger partial charge is 0.389 e. The van der Waals surface area contributed by atoms with E-state index in [1.807, 2.05) is 0 Å². The molecule has 2 N–H and O–H groups in total. The van der Waals surface area contributed by atoms with Crippen molar-refractivity contribution in [2.24, 2.45) is 0 Å². The minimum absolute atomic E-state index is 0.0352. The third-order valence-electron chi connectivity index (χ3n) is 3.11. The Bertz CT molecular complexity index is 716. The molecular weight excluding hydrogens is 289 g/mol. The molecule has 0 saturated carbocycles. The van der Waals surface area contributed by atoms with E-state index in [0.717, 1.165) is 0 Å². The molecule has 5 nitrogen and oxygen atoms in total. The van der Waals surface area contributed by atoms with Crippen molar-refractivity contribution in [1.29, 1.82) is 0 Å². The number of carbonyl (C=O) groups is 1. The molecule has 0 spiro atoms. The predicted molar refractivity (Wildman–Crippen MR) is 69.4 cm³/mol. The summed E-state index contributed by atoms with van der Waals surface area (Å²) in [4.78, 5) is 25.1. The molecule has 0 amide bonds. The lowest BCUT2D eigenvalue weighted by Gasteiger charge is -2.06. The van der Waals surface area contributed by atoms with Crippen LogP contribution in [0.1, 0.15) is 29.6 Å². The zero-order chi connectivity index (χ0) is 15.6. The van der Waals surface area contributed by atoms with Crippen molar-refractivity contribution >= 4 is 17.0 Å². The second-order valence-corrected chi connectivity index (χ2v) is 4.69. The number of H-pyrrole nitrogens is 1. The molecule has 0 saturated heterocycles. The second kappa shape index (κ2) is 5.63. The van der Waals surface area contributed by atoms with Gasteiger partial charge < -0.3 is 10.1 Å². The number of nitrogens with zero attached hydrogens (tertiary/aromatic N) is 1. The first kappa shape index (κ1) is 15.1. The van der Waals surface area contributed by atoms with Crippen molar-refractivity contribution in [3.8, 4) is 0 Å². The van der Waals surface area contributed by atoms with Gasteiger partial charge in [0.2, 0.25) is 0 Å². The lowest BCUT2D eigenvalue weighted by atomic mass is 10.2. The summed E-state index contributed by atoms with van der Waals surface area (Å²) in [5, 5.41) is 8.86. The molecule has 0 bridgehead atoms. The van der Waals surface area contributed by atoms with Crippen LogP contribution < -0.4 is 5.69 Å². The van der Waals surface area contributed by atoms with Crippen LogP contribution in [0, 0.1) is 0 Å². The predicted octanol–water partition coefficient (Wildman–Crippen LogP) is 2.76. The minimum Gasteiger partial charge on any atom is -0.478 e. The van der Waals surface area contributed by atoms with Crippen LogP contribution in [0.4, 0.5) is 13.2 Å². The fourth-order valence-electron chi connectivity index (χ4n) is 2.11. The van der Waals surface area contributed by atoms with Crippen LogP contribution in [0.3, 0.4) is 0 Å². The number of fused-ring (bicyclic) bond motifs is 1. The maximum atomic E-state index is 12.0. The van der Waals surface area contributed by atoms with E-state index in [1.54, 1.807) is 0 Å². The lowest BCUT2D eigenvalue weighted by Crippen LogP contribution is -2.17. The number of halogens is 3. The molecule has 0 aliphatic rings. The van der Waals surface area contributed by atoms with Gasteiger partial charge in [0.05, 0.1) is 16.6 Å². The highest BCUT2D eigenvalue weighted by molar-refractivity contribution is 5.92. The zero-order valence-electron chi connectivity index (χ0n) is 10.9. The summed E-state index contributed by atoms with van der Waals surface area (Å²) < 4.78 is 37.4. The highest BCUT2D eigenvalue weighted by Gasteiger charge is 2.25. The Hall–Kier alpha value is -2.25. The summed E-state index contributed by atoms with van der Waals surface area (Å²) in [6.45, 7) is 0.154. The quantitative estimate of drug-likeness (QED) is 0.834. The van der Waals surface area contributed by atoms with Crippen LogP contribution in [0.25, 0.3) is 11.0 Å². The Labute approximate surface area is 117 Å². The molecule has 0 fully saturated rings. The Kier molecular flexibility index (Phi) is 4.06. The number of hydrogen-bond donors (Lipinski definition) is 2. The monoisotopic (exact) mass is 302 g/mol. The van der Waals surface area contributed by atoms with Gasteiger partial charge in [-0.2, -0.15) is 13.2 Å². The topological polar surface area (TPSA) is 75.1 Å². The lowest BCUT2D eigenvalue weighted by molar-refractivity contribution is -0.135. The molecule has 1 aromatic carbocycles. The molecule has 21 heavy (non-hydrogen) atoms. The Morgan fingerprint density at radius 1 is 1.29 bits per heavy atom. The first-order valence-corrected chi connectivity index (χ1v) is 6.30. The molecule has 114 valence electrons. The number of imidazole rings is 1. The molecule has 2 rings (SSSR count). The number of alkyl halides is 3. The van der Waals surface area contributed by atoms with E-state index in [9.17, 15) is 22.8 Å². The molecule has 1 aromatic heterocycles. The van der Waals surface area contributed by atoms with Gasteiger partial charge in [0, 0.05) is 13.0 Å². The van der Waals surface area contributed by atoms with Crippen LogP contribution in [0.2, 0.25) is 0 Å². The van der Waals surface area contributed by atoms with Gasteiger partial charge in [-0.05, 0) is 31.0 Å². The van der Waals surface area contributed by atoms with Gasteiger partial charge in [-0.15, -0.1) is 0 Å². The summed E-state index contributed by atoms with van der Waals surface area (Å²) in [7, 11) is 0. The summed E-state index contributed by atoms with van der Waals surface area (Å²) in [6.07, 6.45) is -4.92. The summed E-state index contributed by atoms with van der Waals surface area (Å²) in [6, 6.07) is 4.15. The Balaban J connectivity index is 2.15. The number of carboxylic acid groups (broad SMARTS) is 1. The van der Waals surface area contributed by atoms with E-state index in [0.29, 0.717) is 11.0 Å². The van der Waals surface area contributed by atoms with E-state index >= 15 is 0 Å². The molecule has 8 heteroatoms. The van der Waals surface area contributed by atoms with Crippen LogP contribution in [-0.4, -0.2) is 26.8 Å². The van der Waals surface area contributed by atoms with Crippen molar-refractivity contribution in [3.05, 3.63) is 34.2 Å². The summed E-state index contributed by atoms with van der Waals surface area (Å²) in [5.41, 5.74) is 0.417. The molecular formula is C13H13F3N2O3. The van der Waals surface area contributed by atoms with Crippen LogP contribution >= 0.6 is 0 Å². The number of rotatable bonds is 5. The highest BCUT2D eigenvalue weighted by atomic mass is 19.4. The zero-order valence-corrected chi connectivity index (χ0v) is 10.9. The fraction of sp³-hybridized carbons (Fsp3) is 0.385. The molecule has 0 aliphatic carbocycles. The van der Waals surface area contributed by atoms with Crippen molar-refractivity contribution in [3.63, 3.8) is 0 Å². The van der Waals surface area contributed by atoms with E-state index < -0.39 is 24.3 Å². The van der Waals surface area contributed by atoms with Crippen LogP contribution in [0.5, 0.6) is 0 Å². The average Bonchev–Trinajstić information content (AvgIpc) is 2.68. The van der Waals surface area contributed by atoms with Gasteiger partial charge in [0.25, 0.3) is 0 Å². The van der Waals surface area contributed by atoms with Crippen molar-refractivity contribution in [1.82, 2.24) is 9.55 Å². The second-order valence-electron chi connectivity index (χ2n) is 4.69. The van der Waals surface area contributed by atoms with Gasteiger partial charge in [-0.25, -0.2) is 9.59 Å². The number of hydrogen-bond acceptors (Lipinski definition) is 2. The summed E-state index contributed by atoms with van der Waals surface area (Å²) in [5.74, 6) is -1.12. The highest BCUT2D eigenvalue weighted by Crippen LogP contribution is 2.22. The molecule has 0 unspecified atom stereocenters. The Morgan fingerprint density at radius 3 is 2.62 bits per heavy atom. The standard InChI is InChI=1S/C13H13F3N2O3/c14-13(15,16)5-1-2-6-18-10-4-3-8(11(19)20)7-9(10)17-12(18)21/h3-4,7H,1-2,5-6H2,(H,17,21)(H,19,20). The van der Waals surface area contributed by atoms with Gasteiger partial charge in [-0.3, -0.25) is 4.57 Å². The molecule has 0 aliphatic heterocycles. The number of aromatic nitrogens is 2. The largest absolute Gasteiger partial charge is 0.478 e.